The van der Waals surface area contributed by atoms with Gasteiger partial charge in [0, 0.05) is 19.1 Å². The zero-order chi connectivity index (χ0) is 15.3. The molecular weight excluding hydrogens is 256 g/mol. The van der Waals surface area contributed by atoms with E-state index in [1.165, 1.54) is 4.90 Å². The lowest BCUT2D eigenvalue weighted by Crippen LogP contribution is -2.49. The predicted molar refractivity (Wildman–Crippen MR) is 78.7 cm³/mol. The van der Waals surface area contributed by atoms with E-state index >= 15 is 0 Å². The number of carbonyl (C=O) groups excluding carboxylic acids is 1. The second-order valence-corrected chi connectivity index (χ2v) is 6.57. The van der Waals surface area contributed by atoms with Gasteiger partial charge in [0.05, 0.1) is 0 Å². The third-order valence-electron chi connectivity index (χ3n) is 4.28. The van der Waals surface area contributed by atoms with Gasteiger partial charge < -0.3 is 14.9 Å². The molecule has 1 N–H and O–H groups in total. The number of aliphatic carboxylic acids is 1. The fourth-order valence-electron chi connectivity index (χ4n) is 2.57. The number of carbonyl (C=O) groups is 2. The summed E-state index contributed by atoms with van der Waals surface area (Å²) >= 11 is 0. The first-order valence-electron chi connectivity index (χ1n) is 7.54. The van der Waals surface area contributed by atoms with Gasteiger partial charge in [0.15, 0.2) is 0 Å². The van der Waals surface area contributed by atoms with Crippen molar-refractivity contribution in [2.24, 2.45) is 5.41 Å². The number of carboxylic acid groups (broad SMARTS) is 1. The summed E-state index contributed by atoms with van der Waals surface area (Å²) in [6.45, 7) is 9.57. The van der Waals surface area contributed by atoms with E-state index in [0.29, 0.717) is 0 Å². The average molecular weight is 284 g/mol. The quantitative estimate of drug-likeness (QED) is 0.863. The highest BCUT2D eigenvalue weighted by molar-refractivity contribution is 5.80. The third-order valence-corrected chi connectivity index (χ3v) is 4.28. The minimum absolute atomic E-state index is 0.0464. The number of urea groups is 1. The molecule has 1 atom stereocenters. The minimum Gasteiger partial charge on any atom is -0.480 e. The van der Waals surface area contributed by atoms with Gasteiger partial charge >= 0.3 is 12.0 Å². The van der Waals surface area contributed by atoms with E-state index in [1.54, 1.807) is 0 Å². The smallest absolute Gasteiger partial charge is 0.323 e. The molecule has 0 bridgehead atoms. The lowest BCUT2D eigenvalue weighted by molar-refractivity contribution is -0.138. The molecule has 5 nitrogen and oxygen atoms in total. The van der Waals surface area contributed by atoms with E-state index in [4.69, 9.17) is 5.11 Å². The molecule has 116 valence electrons. The molecule has 1 aliphatic heterocycles. The molecule has 1 unspecified atom stereocenters. The van der Waals surface area contributed by atoms with Gasteiger partial charge in [0.2, 0.25) is 0 Å². The molecule has 20 heavy (non-hydrogen) atoms. The molecule has 2 amide bonds. The Morgan fingerprint density at radius 3 is 2.50 bits per heavy atom. The van der Waals surface area contributed by atoms with Crippen LogP contribution in [-0.4, -0.2) is 52.6 Å². The van der Waals surface area contributed by atoms with Gasteiger partial charge in [-0.2, -0.15) is 0 Å². The Morgan fingerprint density at radius 2 is 1.95 bits per heavy atom. The Morgan fingerprint density at radius 1 is 1.30 bits per heavy atom. The Hall–Kier alpha value is -1.26. The standard InChI is InChI=1S/C15H28N2O3/c1-5-12(2)17(11-13(18)19)14(20)16-9-6-7-15(3,4)8-10-16/h12H,5-11H2,1-4H3,(H,18,19). The van der Waals surface area contributed by atoms with Crippen LogP contribution >= 0.6 is 0 Å². The summed E-state index contributed by atoms with van der Waals surface area (Å²) in [6, 6.07) is -0.172. The predicted octanol–water partition coefficient (Wildman–Crippen LogP) is 2.80. The summed E-state index contributed by atoms with van der Waals surface area (Å²) < 4.78 is 0. The van der Waals surface area contributed by atoms with Crippen LogP contribution < -0.4 is 0 Å². The minimum atomic E-state index is -0.950. The fourth-order valence-corrected chi connectivity index (χ4v) is 2.57. The zero-order valence-electron chi connectivity index (χ0n) is 13.2. The molecule has 0 radical (unpaired) electrons. The highest BCUT2D eigenvalue weighted by atomic mass is 16.4. The maximum atomic E-state index is 12.6. The van der Waals surface area contributed by atoms with Crippen molar-refractivity contribution < 1.29 is 14.7 Å². The van der Waals surface area contributed by atoms with E-state index < -0.39 is 5.97 Å². The summed E-state index contributed by atoms with van der Waals surface area (Å²) in [6.07, 6.45) is 3.83. The van der Waals surface area contributed by atoms with Crippen molar-refractivity contribution >= 4 is 12.0 Å². The van der Waals surface area contributed by atoms with Crippen LogP contribution in [0.1, 0.15) is 53.4 Å². The topological polar surface area (TPSA) is 60.9 Å². The van der Waals surface area contributed by atoms with Crippen LogP contribution in [0, 0.1) is 5.41 Å². The van der Waals surface area contributed by atoms with Gasteiger partial charge in [0.1, 0.15) is 6.54 Å². The third kappa shape index (κ3) is 4.69. The van der Waals surface area contributed by atoms with E-state index in [0.717, 1.165) is 38.8 Å². The Balaban J connectivity index is 2.75. The number of hydrogen-bond acceptors (Lipinski definition) is 2. The van der Waals surface area contributed by atoms with Gasteiger partial charge in [-0.3, -0.25) is 4.79 Å². The maximum Gasteiger partial charge on any atom is 0.323 e. The monoisotopic (exact) mass is 284 g/mol. The van der Waals surface area contributed by atoms with Crippen LogP contribution in [-0.2, 0) is 4.79 Å². The van der Waals surface area contributed by atoms with Crippen LogP contribution in [0.3, 0.4) is 0 Å². The van der Waals surface area contributed by atoms with Crippen LogP contribution in [0.4, 0.5) is 4.79 Å². The van der Waals surface area contributed by atoms with Crippen molar-refractivity contribution in [3.05, 3.63) is 0 Å². The van der Waals surface area contributed by atoms with Crippen molar-refractivity contribution in [2.45, 2.75) is 59.4 Å². The second-order valence-electron chi connectivity index (χ2n) is 6.57. The van der Waals surface area contributed by atoms with Gasteiger partial charge in [0.25, 0.3) is 0 Å². The molecule has 1 aliphatic rings. The normalized spacial score (nSPS) is 20.1. The summed E-state index contributed by atoms with van der Waals surface area (Å²) in [5.41, 5.74) is 0.267. The number of hydrogen-bond donors (Lipinski definition) is 1. The average Bonchev–Trinajstić information content (AvgIpc) is 2.55. The number of rotatable bonds is 4. The van der Waals surface area contributed by atoms with E-state index in [-0.39, 0.29) is 24.0 Å². The fraction of sp³-hybridized carbons (Fsp3) is 0.867. The zero-order valence-corrected chi connectivity index (χ0v) is 13.2. The van der Waals surface area contributed by atoms with Gasteiger partial charge in [-0.05, 0) is 38.0 Å². The first kappa shape index (κ1) is 16.8. The molecular formula is C15H28N2O3. The van der Waals surface area contributed by atoms with Crippen LogP contribution in [0.2, 0.25) is 0 Å². The molecule has 0 aromatic carbocycles. The van der Waals surface area contributed by atoms with Crippen LogP contribution in [0.15, 0.2) is 0 Å². The highest BCUT2D eigenvalue weighted by Gasteiger charge is 2.30. The molecule has 0 aromatic heterocycles. The maximum absolute atomic E-state index is 12.6. The molecule has 5 heteroatoms. The van der Waals surface area contributed by atoms with Gasteiger partial charge in [-0.15, -0.1) is 0 Å². The van der Waals surface area contributed by atoms with E-state index in [9.17, 15) is 9.59 Å². The summed E-state index contributed by atoms with van der Waals surface area (Å²) in [7, 11) is 0. The second kappa shape index (κ2) is 6.95. The first-order chi connectivity index (χ1) is 9.26. The molecule has 1 rings (SSSR count). The Bertz CT molecular complexity index is 355. The van der Waals surface area contributed by atoms with Crippen molar-refractivity contribution in [3.8, 4) is 0 Å². The van der Waals surface area contributed by atoms with Gasteiger partial charge in [-0.1, -0.05) is 20.8 Å². The Kier molecular flexibility index (Phi) is 5.84. The van der Waals surface area contributed by atoms with Crippen LogP contribution in [0.5, 0.6) is 0 Å². The molecule has 0 aliphatic carbocycles. The largest absolute Gasteiger partial charge is 0.480 e. The number of nitrogens with zero attached hydrogens (tertiary/aromatic N) is 2. The number of likely N-dealkylation sites (tertiary alicyclic amines) is 1. The molecule has 0 spiro atoms. The summed E-state index contributed by atoms with van der Waals surface area (Å²) in [5, 5.41) is 9.00. The lowest BCUT2D eigenvalue weighted by Gasteiger charge is -2.33. The Labute approximate surface area is 121 Å². The molecule has 1 heterocycles. The number of carboxylic acids is 1. The van der Waals surface area contributed by atoms with Gasteiger partial charge in [-0.25, -0.2) is 4.79 Å². The molecule has 1 saturated heterocycles. The van der Waals surface area contributed by atoms with Crippen molar-refractivity contribution in [1.29, 1.82) is 0 Å². The number of amides is 2. The highest BCUT2D eigenvalue weighted by Crippen LogP contribution is 2.30. The lowest BCUT2D eigenvalue weighted by atomic mass is 9.85. The van der Waals surface area contributed by atoms with Crippen molar-refractivity contribution in [1.82, 2.24) is 9.80 Å². The SMILES string of the molecule is CCC(C)N(CC(=O)O)C(=O)N1CCCC(C)(C)CC1. The summed E-state index contributed by atoms with van der Waals surface area (Å²) in [5.74, 6) is -0.950. The molecule has 1 fully saturated rings. The van der Waals surface area contributed by atoms with E-state index in [1.807, 2.05) is 18.7 Å². The summed E-state index contributed by atoms with van der Waals surface area (Å²) in [4.78, 5) is 26.9. The van der Waals surface area contributed by atoms with Crippen molar-refractivity contribution in [3.63, 3.8) is 0 Å². The van der Waals surface area contributed by atoms with Crippen molar-refractivity contribution in [2.75, 3.05) is 19.6 Å². The van der Waals surface area contributed by atoms with E-state index in [2.05, 4.69) is 13.8 Å². The first-order valence-corrected chi connectivity index (χ1v) is 7.54. The molecule has 0 saturated carbocycles. The molecule has 0 aromatic rings. The van der Waals surface area contributed by atoms with Crippen LogP contribution in [0.25, 0.3) is 0 Å².